The Hall–Kier alpha value is -2.49. The minimum atomic E-state index is -3.12. The number of nitrogens with zero attached hydrogens (tertiary/aromatic N) is 3. The zero-order valence-electron chi connectivity index (χ0n) is 13.6. The largest absolute Gasteiger partial charge is 0.472 e. The van der Waals surface area contributed by atoms with Crippen LogP contribution < -0.4 is 15.3 Å². The predicted molar refractivity (Wildman–Crippen MR) is 89.0 cm³/mol. The Bertz CT molecular complexity index is 1040. The Labute approximate surface area is 147 Å². The van der Waals surface area contributed by atoms with Gasteiger partial charge in [-0.15, -0.1) is 0 Å². The third-order valence-electron chi connectivity index (χ3n) is 4.59. The molecule has 0 amide bonds. The van der Waals surface area contributed by atoms with Crippen molar-refractivity contribution in [2.45, 2.75) is 19.2 Å². The first-order valence-electron chi connectivity index (χ1n) is 7.99. The second kappa shape index (κ2) is 6.04. The molecule has 7 nitrogen and oxygen atoms in total. The van der Waals surface area contributed by atoms with E-state index in [0.717, 1.165) is 6.07 Å². The summed E-state index contributed by atoms with van der Waals surface area (Å²) in [5, 5.41) is 0. The number of ether oxygens (including phenoxy) is 1. The summed E-state index contributed by atoms with van der Waals surface area (Å²) in [4.78, 5) is 17.9. The van der Waals surface area contributed by atoms with Crippen LogP contribution in [0.3, 0.4) is 0 Å². The van der Waals surface area contributed by atoms with Crippen molar-refractivity contribution in [3.05, 3.63) is 51.9 Å². The standard InChI is InChI=1S/C16H15F2N3O4S/c17-12-3-1-2-10(15(12)18)8-25-13-6-14-20-4-5-26(23,24)9-11(20)7-21(14)16(22)19-13/h1-3,6,11H,4-5,7-9H2. The molecule has 138 valence electrons. The topological polar surface area (TPSA) is 81.5 Å². The van der Waals surface area contributed by atoms with Gasteiger partial charge in [-0.2, -0.15) is 4.98 Å². The maximum Gasteiger partial charge on any atom is 0.352 e. The molecule has 0 N–H and O–H groups in total. The molecule has 0 bridgehead atoms. The smallest absolute Gasteiger partial charge is 0.352 e. The number of benzene rings is 1. The summed E-state index contributed by atoms with van der Waals surface area (Å²) in [6.45, 7) is 0.255. The summed E-state index contributed by atoms with van der Waals surface area (Å²) in [6.07, 6.45) is 0. The van der Waals surface area contributed by atoms with Gasteiger partial charge in [0.15, 0.2) is 21.5 Å². The number of hydrogen-bond acceptors (Lipinski definition) is 6. The molecule has 2 aromatic rings. The minimum absolute atomic E-state index is 0.00865. The van der Waals surface area contributed by atoms with Gasteiger partial charge in [0.05, 0.1) is 24.1 Å². The first kappa shape index (κ1) is 17.0. The van der Waals surface area contributed by atoms with E-state index < -0.39 is 27.2 Å². The highest BCUT2D eigenvalue weighted by Crippen LogP contribution is 2.30. The van der Waals surface area contributed by atoms with Gasteiger partial charge < -0.3 is 9.64 Å². The fraction of sp³-hybridized carbons (Fsp3) is 0.375. The van der Waals surface area contributed by atoms with Gasteiger partial charge >= 0.3 is 5.69 Å². The van der Waals surface area contributed by atoms with E-state index in [1.807, 2.05) is 4.90 Å². The van der Waals surface area contributed by atoms with Crippen molar-refractivity contribution in [3.63, 3.8) is 0 Å². The van der Waals surface area contributed by atoms with Gasteiger partial charge in [0.25, 0.3) is 0 Å². The third-order valence-corrected chi connectivity index (χ3v) is 6.29. The number of anilines is 1. The van der Waals surface area contributed by atoms with Gasteiger partial charge in [0.2, 0.25) is 5.88 Å². The van der Waals surface area contributed by atoms with Crippen LogP contribution >= 0.6 is 0 Å². The molecule has 1 aromatic carbocycles. The molecule has 0 saturated carbocycles. The first-order valence-corrected chi connectivity index (χ1v) is 9.81. The van der Waals surface area contributed by atoms with E-state index in [4.69, 9.17) is 4.74 Å². The fourth-order valence-electron chi connectivity index (χ4n) is 3.32. The maximum absolute atomic E-state index is 13.7. The van der Waals surface area contributed by atoms with Crippen LogP contribution in [-0.4, -0.2) is 42.1 Å². The van der Waals surface area contributed by atoms with Crippen LogP contribution in [0.2, 0.25) is 0 Å². The highest BCUT2D eigenvalue weighted by Gasteiger charge is 2.38. The zero-order chi connectivity index (χ0) is 18.5. The van der Waals surface area contributed by atoms with E-state index in [0.29, 0.717) is 5.82 Å². The van der Waals surface area contributed by atoms with Crippen molar-refractivity contribution in [1.82, 2.24) is 9.55 Å². The van der Waals surface area contributed by atoms with E-state index in [9.17, 15) is 22.0 Å². The molecule has 26 heavy (non-hydrogen) atoms. The van der Waals surface area contributed by atoms with Crippen LogP contribution in [0.4, 0.5) is 14.6 Å². The Morgan fingerprint density at radius 3 is 2.92 bits per heavy atom. The average Bonchev–Trinajstić information content (AvgIpc) is 2.93. The molecular formula is C16H15F2N3O4S. The maximum atomic E-state index is 13.7. The van der Waals surface area contributed by atoms with Crippen molar-refractivity contribution >= 4 is 15.7 Å². The molecular weight excluding hydrogens is 368 g/mol. The summed E-state index contributed by atoms with van der Waals surface area (Å²) in [7, 11) is -3.12. The Morgan fingerprint density at radius 1 is 1.31 bits per heavy atom. The van der Waals surface area contributed by atoms with Crippen LogP contribution in [0.5, 0.6) is 5.88 Å². The second-order valence-corrected chi connectivity index (χ2v) is 8.54. The van der Waals surface area contributed by atoms with Gasteiger partial charge in [-0.25, -0.2) is 22.0 Å². The van der Waals surface area contributed by atoms with Gasteiger partial charge in [-0.3, -0.25) is 4.57 Å². The first-order chi connectivity index (χ1) is 12.3. The molecule has 0 aliphatic carbocycles. The molecule has 4 rings (SSSR count). The summed E-state index contributed by atoms with van der Waals surface area (Å²) < 4.78 is 57.3. The number of sulfone groups is 1. The normalized spacial score (nSPS) is 20.5. The highest BCUT2D eigenvalue weighted by molar-refractivity contribution is 7.91. The van der Waals surface area contributed by atoms with Crippen molar-refractivity contribution < 1.29 is 21.9 Å². The van der Waals surface area contributed by atoms with E-state index in [1.165, 1.54) is 22.8 Å². The van der Waals surface area contributed by atoms with Crippen LogP contribution in [0.25, 0.3) is 0 Å². The van der Waals surface area contributed by atoms with E-state index >= 15 is 0 Å². The van der Waals surface area contributed by atoms with Crippen LogP contribution in [0.1, 0.15) is 5.56 Å². The van der Waals surface area contributed by atoms with Crippen LogP contribution in [0.15, 0.2) is 29.1 Å². The molecule has 1 unspecified atom stereocenters. The van der Waals surface area contributed by atoms with Crippen molar-refractivity contribution in [2.75, 3.05) is 23.0 Å². The van der Waals surface area contributed by atoms with E-state index in [1.54, 1.807) is 0 Å². The summed E-state index contributed by atoms with van der Waals surface area (Å²) in [5.74, 6) is -1.47. The molecule has 2 aliphatic rings. The van der Waals surface area contributed by atoms with Crippen molar-refractivity contribution in [3.8, 4) is 5.88 Å². The third kappa shape index (κ3) is 2.94. The Balaban J connectivity index is 1.59. The molecule has 0 spiro atoms. The lowest BCUT2D eigenvalue weighted by Crippen LogP contribution is -2.46. The number of halogens is 2. The van der Waals surface area contributed by atoms with E-state index in [2.05, 4.69) is 4.98 Å². The number of rotatable bonds is 3. The highest BCUT2D eigenvalue weighted by atomic mass is 32.2. The number of fused-ring (bicyclic) bond motifs is 3. The second-order valence-electron chi connectivity index (χ2n) is 6.31. The lowest BCUT2D eigenvalue weighted by Gasteiger charge is -2.30. The molecule has 1 saturated heterocycles. The summed E-state index contributed by atoms with van der Waals surface area (Å²) in [5.41, 5.74) is -0.557. The van der Waals surface area contributed by atoms with Crippen LogP contribution in [0, 0.1) is 11.6 Å². The fourth-order valence-corrected chi connectivity index (χ4v) is 4.83. The lowest BCUT2D eigenvalue weighted by atomic mass is 10.2. The predicted octanol–water partition coefficient (Wildman–Crippen LogP) is 0.718. The van der Waals surface area contributed by atoms with Gasteiger partial charge in [0, 0.05) is 18.2 Å². The Kier molecular flexibility index (Phi) is 3.94. The monoisotopic (exact) mass is 383 g/mol. The minimum Gasteiger partial charge on any atom is -0.472 e. The molecule has 10 heteroatoms. The number of aromatic nitrogens is 2. The van der Waals surface area contributed by atoms with Gasteiger partial charge in [0.1, 0.15) is 12.4 Å². The van der Waals surface area contributed by atoms with Crippen molar-refractivity contribution in [2.24, 2.45) is 0 Å². The summed E-state index contributed by atoms with van der Waals surface area (Å²) in [6, 6.07) is 4.96. The molecule has 3 heterocycles. The van der Waals surface area contributed by atoms with Gasteiger partial charge in [-0.05, 0) is 6.07 Å². The van der Waals surface area contributed by atoms with Crippen LogP contribution in [-0.2, 0) is 23.0 Å². The molecule has 1 fully saturated rings. The molecule has 1 atom stereocenters. The average molecular weight is 383 g/mol. The Morgan fingerprint density at radius 2 is 2.12 bits per heavy atom. The number of hydrogen-bond donors (Lipinski definition) is 0. The summed E-state index contributed by atoms with van der Waals surface area (Å²) >= 11 is 0. The zero-order valence-corrected chi connectivity index (χ0v) is 14.4. The molecule has 1 aromatic heterocycles. The molecule has 2 aliphatic heterocycles. The van der Waals surface area contributed by atoms with Crippen molar-refractivity contribution in [1.29, 1.82) is 0 Å². The van der Waals surface area contributed by atoms with E-state index in [-0.39, 0.29) is 48.7 Å². The lowest BCUT2D eigenvalue weighted by molar-refractivity contribution is 0.283. The van der Waals surface area contributed by atoms with Gasteiger partial charge in [-0.1, -0.05) is 12.1 Å². The SMILES string of the molecule is O=c1nc(OCc2cccc(F)c2F)cc2n1CC1CS(=O)(=O)CCN21. The molecule has 0 radical (unpaired) electrons. The quantitative estimate of drug-likeness (QED) is 0.777.